The maximum atomic E-state index is 12.4. The minimum Gasteiger partial charge on any atom is -0.497 e. The Kier molecular flexibility index (Phi) is 7.56. The lowest BCUT2D eigenvalue weighted by Gasteiger charge is -2.24. The maximum Gasteiger partial charge on any atom is 0.308 e. The monoisotopic (exact) mass is 413 g/mol. The van der Waals surface area contributed by atoms with Crippen LogP contribution in [-0.4, -0.2) is 71.7 Å². The summed E-state index contributed by atoms with van der Waals surface area (Å²) in [5.74, 6) is -0.683. The number of amides is 1. The summed E-state index contributed by atoms with van der Waals surface area (Å²) in [5.41, 5.74) is 0.609. The van der Waals surface area contributed by atoms with E-state index in [2.05, 4.69) is 25.1 Å². The minimum atomic E-state index is -0.965. The molecule has 1 fully saturated rings. The van der Waals surface area contributed by atoms with E-state index in [0.717, 1.165) is 19.5 Å². The van der Waals surface area contributed by atoms with E-state index in [1.54, 1.807) is 49.8 Å². The number of carboxylic acids is 1. The number of hydrogen-bond donors (Lipinski definition) is 2. The lowest BCUT2D eigenvalue weighted by Crippen LogP contribution is -2.38. The van der Waals surface area contributed by atoms with Crippen molar-refractivity contribution in [2.24, 2.45) is 5.92 Å². The number of rotatable bonds is 8. The van der Waals surface area contributed by atoms with E-state index in [4.69, 9.17) is 4.74 Å². The molecule has 1 aromatic heterocycles. The number of aromatic nitrogens is 2. The van der Waals surface area contributed by atoms with Gasteiger partial charge in [0.2, 0.25) is 11.9 Å². The van der Waals surface area contributed by atoms with Crippen molar-refractivity contribution >= 4 is 23.5 Å². The van der Waals surface area contributed by atoms with Crippen molar-refractivity contribution in [3.05, 3.63) is 42.7 Å². The predicted molar refractivity (Wildman–Crippen MR) is 113 cm³/mol. The highest BCUT2D eigenvalue weighted by Crippen LogP contribution is 2.17. The number of nitrogens with one attached hydrogen (secondary N) is 1. The molecule has 2 aromatic rings. The fourth-order valence-electron chi connectivity index (χ4n) is 3.46. The van der Waals surface area contributed by atoms with Gasteiger partial charge in [-0.1, -0.05) is 0 Å². The van der Waals surface area contributed by atoms with Crippen LogP contribution in [0.2, 0.25) is 0 Å². The molecule has 0 spiro atoms. The zero-order valence-corrected chi connectivity index (χ0v) is 17.0. The van der Waals surface area contributed by atoms with Crippen LogP contribution >= 0.6 is 0 Å². The number of carboxylic acid groups (broad SMARTS) is 1. The average molecular weight is 413 g/mol. The molecule has 2 heterocycles. The number of carbonyl (C=O) groups excluding carboxylic acids is 1. The van der Waals surface area contributed by atoms with Crippen LogP contribution in [0, 0.1) is 5.92 Å². The Bertz CT molecular complexity index is 831. The Morgan fingerprint density at radius 3 is 2.53 bits per heavy atom. The highest BCUT2D eigenvalue weighted by atomic mass is 16.5. The van der Waals surface area contributed by atoms with Crippen molar-refractivity contribution in [1.29, 1.82) is 0 Å². The molecule has 1 amide bonds. The lowest BCUT2D eigenvalue weighted by atomic mass is 10.0. The first-order chi connectivity index (χ1) is 14.5. The third-order valence-electron chi connectivity index (χ3n) is 5.06. The molecular weight excluding hydrogens is 386 g/mol. The molecule has 2 N–H and O–H groups in total. The molecule has 0 bridgehead atoms. The van der Waals surface area contributed by atoms with Crippen LogP contribution in [0.5, 0.6) is 5.75 Å². The van der Waals surface area contributed by atoms with E-state index < -0.39 is 11.9 Å². The second-order valence-corrected chi connectivity index (χ2v) is 7.21. The van der Waals surface area contributed by atoms with Gasteiger partial charge in [-0.25, -0.2) is 9.97 Å². The van der Waals surface area contributed by atoms with Crippen molar-refractivity contribution in [2.75, 3.05) is 50.1 Å². The van der Waals surface area contributed by atoms with Gasteiger partial charge in [-0.2, -0.15) is 0 Å². The summed E-state index contributed by atoms with van der Waals surface area (Å²) in [6.45, 7) is 3.33. The minimum absolute atomic E-state index is 0.0800. The van der Waals surface area contributed by atoms with E-state index in [9.17, 15) is 14.7 Å². The Morgan fingerprint density at radius 2 is 1.87 bits per heavy atom. The van der Waals surface area contributed by atoms with Crippen molar-refractivity contribution in [3.63, 3.8) is 0 Å². The molecule has 9 nitrogen and oxygen atoms in total. The van der Waals surface area contributed by atoms with Gasteiger partial charge < -0.3 is 25.0 Å². The summed E-state index contributed by atoms with van der Waals surface area (Å²) < 4.78 is 5.09. The molecule has 1 aliphatic heterocycles. The van der Waals surface area contributed by atoms with Crippen LogP contribution in [0.3, 0.4) is 0 Å². The topological polar surface area (TPSA) is 108 Å². The smallest absolute Gasteiger partial charge is 0.308 e. The standard InChI is InChI=1S/C21H27N5O4/c1-30-18-6-4-17(5-7-18)24-19(27)14-16(20(28)29)15-25-10-3-11-26(13-12-25)21-22-8-2-9-23-21/h2,4-9,16H,3,10-15H2,1H3,(H,24,27)(H,28,29)/t16-/m1/s1. The van der Waals surface area contributed by atoms with Crippen LogP contribution in [0.25, 0.3) is 0 Å². The molecule has 30 heavy (non-hydrogen) atoms. The average Bonchev–Trinajstić information content (AvgIpc) is 3.00. The van der Waals surface area contributed by atoms with Crippen LogP contribution < -0.4 is 15.0 Å². The van der Waals surface area contributed by atoms with Crippen LogP contribution in [0.4, 0.5) is 11.6 Å². The van der Waals surface area contributed by atoms with Gasteiger partial charge in [0, 0.05) is 50.7 Å². The second-order valence-electron chi connectivity index (χ2n) is 7.21. The molecule has 1 saturated heterocycles. The van der Waals surface area contributed by atoms with Gasteiger partial charge in [0.15, 0.2) is 0 Å². The van der Waals surface area contributed by atoms with Gasteiger partial charge in [0.1, 0.15) is 5.75 Å². The molecule has 1 atom stereocenters. The highest BCUT2D eigenvalue weighted by molar-refractivity contribution is 5.93. The third-order valence-corrected chi connectivity index (χ3v) is 5.06. The van der Waals surface area contributed by atoms with Crippen molar-refractivity contribution in [2.45, 2.75) is 12.8 Å². The third kappa shape index (κ3) is 6.15. The van der Waals surface area contributed by atoms with Crippen molar-refractivity contribution in [1.82, 2.24) is 14.9 Å². The van der Waals surface area contributed by atoms with Crippen molar-refractivity contribution < 1.29 is 19.4 Å². The first-order valence-electron chi connectivity index (χ1n) is 9.96. The van der Waals surface area contributed by atoms with E-state index in [1.807, 2.05) is 0 Å². The quantitative estimate of drug-likeness (QED) is 0.674. The molecule has 160 valence electrons. The molecule has 0 unspecified atom stereocenters. The van der Waals surface area contributed by atoms with Gasteiger partial charge >= 0.3 is 5.97 Å². The van der Waals surface area contributed by atoms with E-state index >= 15 is 0 Å². The summed E-state index contributed by atoms with van der Waals surface area (Å²) in [5, 5.41) is 12.4. The zero-order chi connectivity index (χ0) is 21.3. The van der Waals surface area contributed by atoms with Gasteiger partial charge in [-0.15, -0.1) is 0 Å². The number of benzene rings is 1. The first kappa shape index (κ1) is 21.5. The maximum absolute atomic E-state index is 12.4. The fourth-order valence-corrected chi connectivity index (χ4v) is 3.46. The number of aliphatic carboxylic acids is 1. The summed E-state index contributed by atoms with van der Waals surface area (Å²) in [7, 11) is 1.57. The van der Waals surface area contributed by atoms with Gasteiger partial charge in [-0.3, -0.25) is 9.59 Å². The molecule has 1 aliphatic rings. The Labute approximate surface area is 175 Å². The SMILES string of the molecule is COc1ccc(NC(=O)C[C@H](CN2CCCN(c3ncccn3)CC2)C(=O)O)cc1. The fraction of sp³-hybridized carbons (Fsp3) is 0.429. The second kappa shape index (κ2) is 10.5. The summed E-state index contributed by atoms with van der Waals surface area (Å²) in [6.07, 6.45) is 4.23. The molecule has 1 aromatic carbocycles. The highest BCUT2D eigenvalue weighted by Gasteiger charge is 2.26. The predicted octanol–water partition coefficient (Wildman–Crippen LogP) is 1.73. The first-order valence-corrected chi connectivity index (χ1v) is 9.96. The van der Waals surface area contributed by atoms with E-state index in [-0.39, 0.29) is 12.3 Å². The van der Waals surface area contributed by atoms with E-state index in [0.29, 0.717) is 37.0 Å². The zero-order valence-electron chi connectivity index (χ0n) is 17.0. The molecular formula is C21H27N5O4. The number of ether oxygens (including phenoxy) is 1. The van der Waals surface area contributed by atoms with E-state index in [1.165, 1.54) is 0 Å². The summed E-state index contributed by atoms with van der Waals surface area (Å²) >= 11 is 0. The summed E-state index contributed by atoms with van der Waals surface area (Å²) in [6, 6.07) is 8.71. The number of anilines is 2. The Hall–Kier alpha value is -3.20. The molecule has 9 heteroatoms. The largest absolute Gasteiger partial charge is 0.497 e. The van der Waals surface area contributed by atoms with Gasteiger partial charge in [-0.05, 0) is 43.3 Å². The Morgan fingerprint density at radius 1 is 1.13 bits per heavy atom. The number of methoxy groups -OCH3 is 1. The normalized spacial score (nSPS) is 15.8. The van der Waals surface area contributed by atoms with Crippen LogP contribution in [0.15, 0.2) is 42.7 Å². The van der Waals surface area contributed by atoms with Crippen LogP contribution in [-0.2, 0) is 9.59 Å². The summed E-state index contributed by atoms with van der Waals surface area (Å²) in [4.78, 5) is 36.9. The molecule has 0 radical (unpaired) electrons. The van der Waals surface area contributed by atoms with Gasteiger partial charge in [0.25, 0.3) is 0 Å². The van der Waals surface area contributed by atoms with Crippen LogP contribution in [0.1, 0.15) is 12.8 Å². The lowest BCUT2D eigenvalue weighted by molar-refractivity contribution is -0.144. The molecule has 3 rings (SSSR count). The Balaban J connectivity index is 1.53. The molecule has 0 aliphatic carbocycles. The number of hydrogen-bond acceptors (Lipinski definition) is 7. The number of carbonyl (C=O) groups is 2. The van der Waals surface area contributed by atoms with Gasteiger partial charge in [0.05, 0.1) is 13.0 Å². The number of nitrogens with zero attached hydrogens (tertiary/aromatic N) is 4. The molecule has 0 saturated carbocycles. The van der Waals surface area contributed by atoms with Crippen molar-refractivity contribution in [3.8, 4) is 5.75 Å².